The summed E-state index contributed by atoms with van der Waals surface area (Å²) in [5.41, 5.74) is 2.81. The molecular formula is C22H38N4. The summed E-state index contributed by atoms with van der Waals surface area (Å²) in [7, 11) is 4.47. The van der Waals surface area contributed by atoms with Crippen molar-refractivity contribution in [2.75, 3.05) is 71.4 Å². The van der Waals surface area contributed by atoms with Gasteiger partial charge in [-0.3, -0.25) is 0 Å². The lowest BCUT2D eigenvalue weighted by Crippen LogP contribution is -2.44. The fraction of sp³-hybridized carbons (Fsp3) is 0.727. The molecule has 0 aromatic heterocycles. The fourth-order valence-corrected chi connectivity index (χ4v) is 4.12. The van der Waals surface area contributed by atoms with E-state index in [0.717, 1.165) is 25.6 Å². The second-order valence-corrected chi connectivity index (χ2v) is 8.57. The van der Waals surface area contributed by atoms with Crippen molar-refractivity contribution in [3.05, 3.63) is 29.8 Å². The standard InChI is InChI=1S/C22H38N4/c1-20-9-13-25(14-10-20)12-4-11-24(3)19-21-5-7-22(8-6-21)26-17-15-23(2)16-18-26/h5-8,20H,4,9-19H2,1-3H3. The van der Waals surface area contributed by atoms with E-state index in [0.29, 0.717) is 0 Å². The molecule has 0 N–H and O–H groups in total. The number of rotatable bonds is 7. The topological polar surface area (TPSA) is 13.0 Å². The number of benzene rings is 1. The highest BCUT2D eigenvalue weighted by atomic mass is 15.2. The molecule has 0 amide bonds. The fourth-order valence-electron chi connectivity index (χ4n) is 4.12. The molecule has 4 heteroatoms. The van der Waals surface area contributed by atoms with Crippen LogP contribution in [0.15, 0.2) is 24.3 Å². The van der Waals surface area contributed by atoms with Gasteiger partial charge in [0.15, 0.2) is 0 Å². The van der Waals surface area contributed by atoms with E-state index in [1.807, 2.05) is 0 Å². The molecule has 0 radical (unpaired) electrons. The Balaban J connectivity index is 1.36. The largest absolute Gasteiger partial charge is 0.369 e. The first-order chi connectivity index (χ1) is 12.6. The lowest BCUT2D eigenvalue weighted by molar-refractivity contribution is 0.181. The van der Waals surface area contributed by atoms with Crippen LogP contribution >= 0.6 is 0 Å². The smallest absolute Gasteiger partial charge is 0.0367 e. The first-order valence-electron chi connectivity index (χ1n) is 10.5. The lowest BCUT2D eigenvalue weighted by atomic mass is 9.99. The monoisotopic (exact) mass is 358 g/mol. The van der Waals surface area contributed by atoms with Gasteiger partial charge in [-0.2, -0.15) is 0 Å². The molecule has 3 rings (SSSR count). The average molecular weight is 359 g/mol. The Labute approximate surface area is 160 Å². The highest BCUT2D eigenvalue weighted by molar-refractivity contribution is 5.48. The van der Waals surface area contributed by atoms with Gasteiger partial charge < -0.3 is 19.6 Å². The van der Waals surface area contributed by atoms with Crippen LogP contribution in [0.1, 0.15) is 31.7 Å². The Hall–Kier alpha value is -1.10. The van der Waals surface area contributed by atoms with Crippen molar-refractivity contribution in [1.29, 1.82) is 0 Å². The van der Waals surface area contributed by atoms with Crippen LogP contribution in [0.25, 0.3) is 0 Å². The van der Waals surface area contributed by atoms with Crippen molar-refractivity contribution in [3.8, 4) is 0 Å². The highest BCUT2D eigenvalue weighted by Gasteiger charge is 2.16. The van der Waals surface area contributed by atoms with Gasteiger partial charge in [0.2, 0.25) is 0 Å². The molecule has 0 spiro atoms. The summed E-state index contributed by atoms with van der Waals surface area (Å²) in [6, 6.07) is 9.25. The van der Waals surface area contributed by atoms with Gasteiger partial charge in [0.25, 0.3) is 0 Å². The third-order valence-electron chi connectivity index (χ3n) is 6.15. The predicted octanol–water partition coefficient (Wildman–Crippen LogP) is 2.99. The summed E-state index contributed by atoms with van der Waals surface area (Å²) in [6.07, 6.45) is 4.05. The molecule has 2 aliphatic heterocycles. The second kappa shape index (κ2) is 9.72. The molecule has 2 fully saturated rings. The van der Waals surface area contributed by atoms with Crippen molar-refractivity contribution in [2.24, 2.45) is 5.92 Å². The summed E-state index contributed by atoms with van der Waals surface area (Å²) >= 11 is 0. The van der Waals surface area contributed by atoms with Gasteiger partial charge in [-0.05, 0) is 83.2 Å². The van der Waals surface area contributed by atoms with Gasteiger partial charge in [-0.1, -0.05) is 19.1 Å². The number of nitrogens with zero attached hydrogens (tertiary/aromatic N) is 4. The van der Waals surface area contributed by atoms with Gasteiger partial charge in [-0.25, -0.2) is 0 Å². The first kappa shape index (κ1) is 19.7. The molecule has 2 heterocycles. The first-order valence-corrected chi connectivity index (χ1v) is 10.5. The molecule has 4 nitrogen and oxygen atoms in total. The van der Waals surface area contributed by atoms with Gasteiger partial charge in [0.1, 0.15) is 0 Å². The molecule has 26 heavy (non-hydrogen) atoms. The number of piperidine rings is 1. The molecule has 2 saturated heterocycles. The summed E-state index contributed by atoms with van der Waals surface area (Å²) in [6.45, 7) is 13.1. The molecule has 0 atom stereocenters. The number of piperazine rings is 1. The maximum absolute atomic E-state index is 2.65. The van der Waals surface area contributed by atoms with E-state index in [-0.39, 0.29) is 0 Å². The van der Waals surface area contributed by atoms with Crippen LogP contribution in [0.2, 0.25) is 0 Å². The van der Waals surface area contributed by atoms with Crippen LogP contribution in [0.3, 0.4) is 0 Å². The summed E-state index contributed by atoms with van der Waals surface area (Å²) < 4.78 is 0. The Kier molecular flexibility index (Phi) is 7.35. The highest BCUT2D eigenvalue weighted by Crippen LogP contribution is 2.18. The van der Waals surface area contributed by atoms with Gasteiger partial charge >= 0.3 is 0 Å². The summed E-state index contributed by atoms with van der Waals surface area (Å²) in [4.78, 5) is 10.0. The average Bonchev–Trinajstić information content (AvgIpc) is 2.65. The van der Waals surface area contributed by atoms with Crippen LogP contribution in [0.4, 0.5) is 5.69 Å². The SMILES string of the molecule is CC1CCN(CCCN(C)Cc2ccc(N3CCN(C)CC3)cc2)CC1. The Morgan fingerprint density at radius 3 is 2.27 bits per heavy atom. The summed E-state index contributed by atoms with van der Waals surface area (Å²) in [5, 5.41) is 0. The van der Waals surface area contributed by atoms with E-state index in [9.17, 15) is 0 Å². The quantitative estimate of drug-likeness (QED) is 0.743. The number of likely N-dealkylation sites (tertiary alicyclic amines) is 1. The number of hydrogen-bond donors (Lipinski definition) is 0. The normalized spacial score (nSPS) is 20.8. The third-order valence-corrected chi connectivity index (χ3v) is 6.15. The predicted molar refractivity (Wildman–Crippen MR) is 112 cm³/mol. The van der Waals surface area contributed by atoms with Crippen LogP contribution < -0.4 is 4.90 Å². The van der Waals surface area contributed by atoms with E-state index in [2.05, 4.69) is 64.9 Å². The zero-order valence-electron chi connectivity index (χ0n) is 17.2. The molecule has 146 valence electrons. The van der Waals surface area contributed by atoms with Crippen molar-refractivity contribution in [1.82, 2.24) is 14.7 Å². The molecule has 0 bridgehead atoms. The van der Waals surface area contributed by atoms with Crippen LogP contribution in [0, 0.1) is 5.92 Å². The van der Waals surface area contributed by atoms with E-state index in [4.69, 9.17) is 0 Å². The summed E-state index contributed by atoms with van der Waals surface area (Å²) in [5.74, 6) is 0.933. The Bertz CT molecular complexity index is 513. The Morgan fingerprint density at radius 1 is 0.962 bits per heavy atom. The van der Waals surface area contributed by atoms with Crippen LogP contribution in [-0.4, -0.2) is 81.2 Å². The lowest BCUT2D eigenvalue weighted by Gasteiger charge is -2.34. The second-order valence-electron chi connectivity index (χ2n) is 8.57. The molecule has 1 aromatic carbocycles. The van der Waals surface area contributed by atoms with Crippen molar-refractivity contribution in [2.45, 2.75) is 32.7 Å². The van der Waals surface area contributed by atoms with Crippen molar-refractivity contribution in [3.63, 3.8) is 0 Å². The Morgan fingerprint density at radius 2 is 1.62 bits per heavy atom. The minimum atomic E-state index is 0.933. The van der Waals surface area contributed by atoms with E-state index < -0.39 is 0 Å². The molecule has 0 saturated carbocycles. The zero-order chi connectivity index (χ0) is 18.4. The van der Waals surface area contributed by atoms with E-state index in [1.165, 1.54) is 69.8 Å². The third kappa shape index (κ3) is 5.97. The van der Waals surface area contributed by atoms with Crippen molar-refractivity contribution >= 4 is 5.69 Å². The molecule has 2 aliphatic rings. The molecular weight excluding hydrogens is 320 g/mol. The van der Waals surface area contributed by atoms with Crippen LogP contribution in [0.5, 0.6) is 0 Å². The van der Waals surface area contributed by atoms with Crippen molar-refractivity contribution < 1.29 is 0 Å². The maximum Gasteiger partial charge on any atom is 0.0367 e. The zero-order valence-corrected chi connectivity index (χ0v) is 17.2. The number of anilines is 1. The van der Waals surface area contributed by atoms with Gasteiger partial charge in [0, 0.05) is 38.4 Å². The molecule has 1 aromatic rings. The number of likely N-dealkylation sites (N-methyl/N-ethyl adjacent to an activating group) is 1. The maximum atomic E-state index is 2.65. The minimum absolute atomic E-state index is 0.933. The van der Waals surface area contributed by atoms with E-state index >= 15 is 0 Å². The van der Waals surface area contributed by atoms with Gasteiger partial charge in [-0.15, -0.1) is 0 Å². The van der Waals surface area contributed by atoms with Gasteiger partial charge in [0.05, 0.1) is 0 Å². The molecule has 0 aliphatic carbocycles. The van der Waals surface area contributed by atoms with E-state index in [1.54, 1.807) is 0 Å². The molecule has 0 unspecified atom stereocenters. The number of hydrogen-bond acceptors (Lipinski definition) is 4. The minimum Gasteiger partial charge on any atom is -0.369 e. The van der Waals surface area contributed by atoms with Crippen LogP contribution in [-0.2, 0) is 6.54 Å².